The summed E-state index contributed by atoms with van der Waals surface area (Å²) in [5, 5.41) is 0. The van der Waals surface area contributed by atoms with E-state index in [1.807, 2.05) is 0 Å². The highest BCUT2D eigenvalue weighted by molar-refractivity contribution is 5.47. The van der Waals surface area contributed by atoms with Gasteiger partial charge < -0.3 is 10.5 Å². The number of ether oxygens (including phenoxy) is 1. The van der Waals surface area contributed by atoms with Crippen LogP contribution in [0.5, 0.6) is 5.75 Å². The quantitative estimate of drug-likeness (QED) is 0.901. The molecule has 2 heteroatoms. The van der Waals surface area contributed by atoms with Crippen LogP contribution in [-0.2, 0) is 5.54 Å². The Balaban J connectivity index is 1.97. The summed E-state index contributed by atoms with van der Waals surface area (Å²) in [5.41, 5.74) is 10.5. The van der Waals surface area contributed by atoms with Gasteiger partial charge in [-0.1, -0.05) is 18.9 Å². The first-order valence-electron chi connectivity index (χ1n) is 7.98. The average molecular weight is 273 g/mol. The summed E-state index contributed by atoms with van der Waals surface area (Å²) < 4.78 is 5.66. The summed E-state index contributed by atoms with van der Waals surface area (Å²) in [7, 11) is 1.77. The van der Waals surface area contributed by atoms with Gasteiger partial charge in [-0.3, -0.25) is 0 Å². The fraction of sp³-hybridized carbons (Fsp3) is 0.667. The molecule has 2 saturated carbocycles. The van der Waals surface area contributed by atoms with Crippen LogP contribution in [0.2, 0.25) is 0 Å². The van der Waals surface area contributed by atoms with Gasteiger partial charge in [0.05, 0.1) is 7.11 Å². The SMILES string of the molecule is COc1cc(C)cc(C)c1C1(N)CCCC(C2CC2)C1. The number of aryl methyl sites for hydroxylation is 2. The first kappa shape index (κ1) is 13.9. The predicted octanol–water partition coefficient (Wildman–Crippen LogP) is 4.07. The van der Waals surface area contributed by atoms with Gasteiger partial charge in [-0.2, -0.15) is 0 Å². The third kappa shape index (κ3) is 2.46. The van der Waals surface area contributed by atoms with Gasteiger partial charge in [-0.05, 0) is 68.6 Å². The molecule has 2 atom stereocenters. The second-order valence-corrected chi connectivity index (χ2v) is 7.01. The van der Waals surface area contributed by atoms with Crippen molar-refractivity contribution in [1.82, 2.24) is 0 Å². The zero-order valence-electron chi connectivity index (χ0n) is 13.0. The van der Waals surface area contributed by atoms with E-state index in [9.17, 15) is 0 Å². The van der Waals surface area contributed by atoms with E-state index in [0.717, 1.165) is 30.4 Å². The van der Waals surface area contributed by atoms with Gasteiger partial charge in [0.25, 0.3) is 0 Å². The minimum absolute atomic E-state index is 0.186. The Morgan fingerprint density at radius 3 is 2.55 bits per heavy atom. The number of rotatable bonds is 3. The molecule has 3 rings (SSSR count). The van der Waals surface area contributed by atoms with E-state index < -0.39 is 0 Å². The first-order valence-corrected chi connectivity index (χ1v) is 7.98. The van der Waals surface area contributed by atoms with Gasteiger partial charge >= 0.3 is 0 Å². The minimum atomic E-state index is -0.186. The van der Waals surface area contributed by atoms with E-state index in [1.54, 1.807) is 7.11 Å². The van der Waals surface area contributed by atoms with E-state index >= 15 is 0 Å². The maximum absolute atomic E-state index is 6.88. The summed E-state index contributed by atoms with van der Waals surface area (Å²) in [4.78, 5) is 0. The maximum atomic E-state index is 6.88. The molecule has 0 heterocycles. The number of hydrogen-bond donors (Lipinski definition) is 1. The van der Waals surface area contributed by atoms with Crippen molar-refractivity contribution in [1.29, 1.82) is 0 Å². The average Bonchev–Trinajstić information content (AvgIpc) is 3.21. The van der Waals surface area contributed by atoms with Crippen LogP contribution in [0.3, 0.4) is 0 Å². The molecular formula is C18H27NO. The van der Waals surface area contributed by atoms with Crippen LogP contribution in [0.15, 0.2) is 12.1 Å². The molecule has 0 aliphatic heterocycles. The van der Waals surface area contributed by atoms with Crippen molar-refractivity contribution in [3.05, 3.63) is 28.8 Å². The highest BCUT2D eigenvalue weighted by Crippen LogP contribution is 2.50. The van der Waals surface area contributed by atoms with Gasteiger partial charge in [0.15, 0.2) is 0 Å². The van der Waals surface area contributed by atoms with Gasteiger partial charge in [-0.15, -0.1) is 0 Å². The predicted molar refractivity (Wildman–Crippen MR) is 83.0 cm³/mol. The number of nitrogens with two attached hydrogens (primary N) is 1. The van der Waals surface area contributed by atoms with Crippen LogP contribution >= 0.6 is 0 Å². The Hall–Kier alpha value is -1.02. The van der Waals surface area contributed by atoms with Crippen LogP contribution in [0.1, 0.15) is 55.2 Å². The Morgan fingerprint density at radius 1 is 1.15 bits per heavy atom. The number of benzene rings is 1. The molecule has 2 fully saturated rings. The molecule has 0 bridgehead atoms. The van der Waals surface area contributed by atoms with Crippen LogP contribution in [0.25, 0.3) is 0 Å². The second kappa shape index (κ2) is 5.07. The second-order valence-electron chi connectivity index (χ2n) is 7.01. The first-order chi connectivity index (χ1) is 9.53. The molecule has 20 heavy (non-hydrogen) atoms. The van der Waals surface area contributed by atoms with Crippen LogP contribution in [0.4, 0.5) is 0 Å². The molecule has 0 aromatic heterocycles. The van der Waals surface area contributed by atoms with Crippen LogP contribution in [-0.4, -0.2) is 7.11 Å². The zero-order valence-corrected chi connectivity index (χ0v) is 13.0. The standard InChI is InChI=1S/C18H27NO/c1-12-9-13(2)17(16(10-12)20-3)18(19)8-4-5-15(11-18)14-6-7-14/h9-10,14-15H,4-8,11,19H2,1-3H3. The molecule has 0 spiro atoms. The van der Waals surface area contributed by atoms with E-state index in [1.165, 1.54) is 42.4 Å². The molecule has 2 N–H and O–H groups in total. The Morgan fingerprint density at radius 2 is 1.90 bits per heavy atom. The zero-order chi connectivity index (χ0) is 14.3. The van der Waals surface area contributed by atoms with Gasteiger partial charge in [0, 0.05) is 11.1 Å². The summed E-state index contributed by atoms with van der Waals surface area (Å²) in [6, 6.07) is 4.38. The van der Waals surface area contributed by atoms with Crippen molar-refractivity contribution in [3.8, 4) is 5.75 Å². The molecule has 0 saturated heterocycles. The lowest BCUT2D eigenvalue weighted by atomic mass is 9.69. The third-order valence-corrected chi connectivity index (χ3v) is 5.27. The third-order valence-electron chi connectivity index (χ3n) is 5.27. The summed E-state index contributed by atoms with van der Waals surface area (Å²) in [5.74, 6) is 2.77. The van der Waals surface area contributed by atoms with Crippen molar-refractivity contribution in [2.24, 2.45) is 17.6 Å². The number of methoxy groups -OCH3 is 1. The van der Waals surface area contributed by atoms with Gasteiger partial charge in [0.1, 0.15) is 5.75 Å². The fourth-order valence-corrected chi connectivity index (χ4v) is 4.28. The molecule has 0 amide bonds. The molecule has 110 valence electrons. The highest BCUT2D eigenvalue weighted by atomic mass is 16.5. The normalized spacial score (nSPS) is 30.3. The van der Waals surface area contributed by atoms with Crippen molar-refractivity contribution < 1.29 is 4.74 Å². The topological polar surface area (TPSA) is 35.2 Å². The lowest BCUT2D eigenvalue weighted by Gasteiger charge is -2.40. The maximum Gasteiger partial charge on any atom is 0.124 e. The molecule has 0 radical (unpaired) electrons. The Bertz CT molecular complexity index is 506. The molecule has 2 unspecified atom stereocenters. The molecule has 1 aromatic carbocycles. The monoisotopic (exact) mass is 273 g/mol. The van der Waals surface area contributed by atoms with E-state index in [0.29, 0.717) is 0 Å². The van der Waals surface area contributed by atoms with Crippen molar-refractivity contribution >= 4 is 0 Å². The summed E-state index contributed by atoms with van der Waals surface area (Å²) in [6.45, 7) is 4.30. The minimum Gasteiger partial charge on any atom is -0.496 e. The lowest BCUT2D eigenvalue weighted by Crippen LogP contribution is -2.42. The van der Waals surface area contributed by atoms with Crippen molar-refractivity contribution in [3.63, 3.8) is 0 Å². The molecular weight excluding hydrogens is 246 g/mol. The van der Waals surface area contributed by atoms with E-state index in [-0.39, 0.29) is 5.54 Å². The van der Waals surface area contributed by atoms with Gasteiger partial charge in [-0.25, -0.2) is 0 Å². The fourth-order valence-electron chi connectivity index (χ4n) is 4.28. The largest absolute Gasteiger partial charge is 0.496 e. The Labute approximate surface area is 122 Å². The molecule has 2 aliphatic rings. The summed E-state index contributed by atoms with van der Waals surface area (Å²) >= 11 is 0. The van der Waals surface area contributed by atoms with E-state index in [2.05, 4.69) is 26.0 Å². The highest BCUT2D eigenvalue weighted by Gasteiger charge is 2.42. The van der Waals surface area contributed by atoms with Crippen molar-refractivity contribution in [2.45, 2.75) is 57.9 Å². The van der Waals surface area contributed by atoms with Crippen LogP contribution < -0.4 is 10.5 Å². The number of hydrogen-bond acceptors (Lipinski definition) is 2. The smallest absolute Gasteiger partial charge is 0.124 e. The Kier molecular flexibility index (Phi) is 3.53. The van der Waals surface area contributed by atoms with Gasteiger partial charge in [0.2, 0.25) is 0 Å². The summed E-state index contributed by atoms with van der Waals surface area (Å²) in [6.07, 6.45) is 7.70. The molecule has 2 aliphatic carbocycles. The van der Waals surface area contributed by atoms with Crippen molar-refractivity contribution in [2.75, 3.05) is 7.11 Å². The molecule has 2 nitrogen and oxygen atoms in total. The van der Waals surface area contributed by atoms with Crippen LogP contribution in [0, 0.1) is 25.7 Å². The van der Waals surface area contributed by atoms with E-state index in [4.69, 9.17) is 10.5 Å². The lowest BCUT2D eigenvalue weighted by molar-refractivity contribution is 0.201. The molecule has 1 aromatic rings.